The molecule has 4 nitrogen and oxygen atoms in total. The molecule has 4 aromatic carbocycles. The number of hydrogen-bond donors (Lipinski definition) is 0. The Morgan fingerprint density at radius 1 is 0.778 bits per heavy atom. The quantitative estimate of drug-likeness (QED) is 0.189. The van der Waals surface area contributed by atoms with E-state index in [0.29, 0.717) is 0 Å². The summed E-state index contributed by atoms with van der Waals surface area (Å²) in [6.07, 6.45) is 3.88. The maximum atomic E-state index is 4.85. The Bertz CT molecular complexity index is 1640. The predicted molar refractivity (Wildman–Crippen MR) is 142 cm³/mol. The maximum Gasteiger partial charge on any atom is 0.100 e. The van der Waals surface area contributed by atoms with Gasteiger partial charge in [0.2, 0.25) is 0 Å². The summed E-state index contributed by atoms with van der Waals surface area (Å²) in [5.74, 6) is 1.81. The second-order valence-corrected chi connectivity index (χ2v) is 8.89. The summed E-state index contributed by atoms with van der Waals surface area (Å²) in [6.45, 7) is 6.36. The molecule has 2 aromatic heterocycles. The van der Waals surface area contributed by atoms with Crippen LogP contribution < -0.4 is 0 Å². The average molecular weight is 646 g/mol. The van der Waals surface area contributed by atoms with E-state index in [4.69, 9.17) is 9.97 Å². The van der Waals surface area contributed by atoms with E-state index in [1.807, 2.05) is 49.6 Å². The minimum atomic E-state index is 0. The molecule has 0 unspecified atom stereocenters. The zero-order valence-electron chi connectivity index (χ0n) is 20.4. The van der Waals surface area contributed by atoms with Crippen molar-refractivity contribution in [1.29, 1.82) is 0 Å². The average Bonchev–Trinajstić information content (AvgIpc) is 3.48. The summed E-state index contributed by atoms with van der Waals surface area (Å²) in [4.78, 5) is 9.57. The molecule has 36 heavy (non-hydrogen) atoms. The molecule has 0 amide bonds. The van der Waals surface area contributed by atoms with E-state index < -0.39 is 0 Å². The van der Waals surface area contributed by atoms with Gasteiger partial charge in [0.1, 0.15) is 5.82 Å². The molecule has 179 valence electrons. The molecule has 6 aromatic rings. The van der Waals surface area contributed by atoms with E-state index in [-0.39, 0.29) is 20.1 Å². The van der Waals surface area contributed by atoms with Crippen LogP contribution in [0.3, 0.4) is 0 Å². The Labute approximate surface area is 224 Å². The molecule has 0 aliphatic heterocycles. The number of fused-ring (bicyclic) bond motifs is 1. The number of aryl methyl sites for hydroxylation is 3. The molecular weight excluding hydrogens is 621 g/mol. The van der Waals surface area contributed by atoms with Crippen molar-refractivity contribution in [3.8, 4) is 33.9 Å². The number of aromatic nitrogens is 4. The van der Waals surface area contributed by atoms with E-state index in [2.05, 4.69) is 83.6 Å². The van der Waals surface area contributed by atoms with Crippen LogP contribution in [-0.2, 0) is 20.1 Å². The first-order valence-electron chi connectivity index (χ1n) is 11.8. The van der Waals surface area contributed by atoms with Crippen LogP contribution in [0, 0.1) is 26.8 Å². The molecule has 5 heteroatoms. The SMILES string of the molecule is Cc1cc(-c2ccccc2)cc(C)c1-n1ccnc1-c1[c-]cc2c(c1)nc(C)n2-c1ccccc1.[Ir]. The predicted octanol–water partition coefficient (Wildman–Crippen LogP) is 7.27. The van der Waals surface area contributed by atoms with Crippen molar-refractivity contribution < 1.29 is 20.1 Å². The van der Waals surface area contributed by atoms with Crippen LogP contribution in [0.15, 0.2) is 97.3 Å². The van der Waals surface area contributed by atoms with E-state index in [9.17, 15) is 0 Å². The first-order chi connectivity index (χ1) is 17.1. The first kappa shape index (κ1) is 23.9. The Hall–Kier alpha value is -3.79. The summed E-state index contributed by atoms with van der Waals surface area (Å²) in [6, 6.07) is 32.9. The van der Waals surface area contributed by atoms with Gasteiger partial charge in [0.25, 0.3) is 0 Å². The van der Waals surface area contributed by atoms with Crippen LogP contribution in [0.25, 0.3) is 44.9 Å². The van der Waals surface area contributed by atoms with Gasteiger partial charge in [0, 0.05) is 49.4 Å². The van der Waals surface area contributed by atoms with Crippen LogP contribution in [0.4, 0.5) is 0 Å². The number of nitrogens with zero attached hydrogens (tertiary/aromatic N) is 4. The fourth-order valence-electron chi connectivity index (χ4n) is 4.99. The monoisotopic (exact) mass is 646 g/mol. The normalized spacial score (nSPS) is 11.0. The molecule has 0 saturated heterocycles. The molecule has 0 bridgehead atoms. The molecule has 1 radical (unpaired) electrons. The summed E-state index contributed by atoms with van der Waals surface area (Å²) in [5.41, 5.74) is 9.99. The third-order valence-electron chi connectivity index (χ3n) is 6.49. The topological polar surface area (TPSA) is 35.6 Å². The fraction of sp³-hybridized carbons (Fsp3) is 0.0968. The van der Waals surface area contributed by atoms with Crippen LogP contribution in [0.5, 0.6) is 0 Å². The zero-order chi connectivity index (χ0) is 23.9. The fourth-order valence-corrected chi connectivity index (χ4v) is 4.99. The molecule has 0 aliphatic carbocycles. The summed E-state index contributed by atoms with van der Waals surface area (Å²) < 4.78 is 4.33. The summed E-state index contributed by atoms with van der Waals surface area (Å²) in [7, 11) is 0. The van der Waals surface area contributed by atoms with Crippen molar-refractivity contribution in [2.45, 2.75) is 20.8 Å². The Morgan fingerprint density at radius 3 is 2.14 bits per heavy atom. The number of hydrogen-bond acceptors (Lipinski definition) is 2. The van der Waals surface area contributed by atoms with E-state index in [1.165, 1.54) is 22.3 Å². The first-order valence-corrected chi connectivity index (χ1v) is 11.8. The minimum Gasteiger partial charge on any atom is -0.340 e. The van der Waals surface area contributed by atoms with Crippen LogP contribution in [0.1, 0.15) is 17.0 Å². The van der Waals surface area contributed by atoms with Gasteiger partial charge in [-0.1, -0.05) is 48.5 Å². The Morgan fingerprint density at radius 2 is 1.44 bits per heavy atom. The largest absolute Gasteiger partial charge is 0.340 e. The minimum absolute atomic E-state index is 0. The number of benzene rings is 4. The summed E-state index contributed by atoms with van der Waals surface area (Å²) >= 11 is 0. The molecule has 0 saturated carbocycles. The number of rotatable bonds is 4. The van der Waals surface area contributed by atoms with Gasteiger partial charge in [-0.25, -0.2) is 0 Å². The van der Waals surface area contributed by atoms with Gasteiger partial charge in [-0.3, -0.25) is 9.97 Å². The van der Waals surface area contributed by atoms with Crippen molar-refractivity contribution in [2.75, 3.05) is 0 Å². The van der Waals surface area contributed by atoms with Gasteiger partial charge in [-0.15, -0.1) is 23.8 Å². The molecule has 2 heterocycles. The van der Waals surface area contributed by atoms with Gasteiger partial charge < -0.3 is 9.13 Å². The van der Waals surface area contributed by atoms with E-state index >= 15 is 0 Å². The smallest absolute Gasteiger partial charge is 0.100 e. The third kappa shape index (κ3) is 4.11. The van der Waals surface area contributed by atoms with Crippen molar-refractivity contribution in [3.63, 3.8) is 0 Å². The van der Waals surface area contributed by atoms with E-state index in [1.54, 1.807) is 0 Å². The molecule has 0 atom stereocenters. The molecule has 0 fully saturated rings. The van der Waals surface area contributed by atoms with Gasteiger partial charge >= 0.3 is 0 Å². The van der Waals surface area contributed by atoms with Crippen molar-refractivity contribution in [2.24, 2.45) is 0 Å². The standard InChI is InChI=1S/C31H25N4.Ir/c1-21-18-26(24-10-6-4-7-11-24)19-22(2)30(21)34-17-16-32-31(34)25-14-15-29-28(20-25)33-23(3)35(29)27-12-8-5-9-13-27;/h4-13,15-20H,1-3H3;/q-1;. The van der Waals surface area contributed by atoms with Gasteiger partial charge in [0.15, 0.2) is 0 Å². The molecule has 0 N–H and O–H groups in total. The van der Waals surface area contributed by atoms with Crippen molar-refractivity contribution >= 4 is 11.0 Å². The van der Waals surface area contributed by atoms with Crippen LogP contribution in [0.2, 0.25) is 0 Å². The van der Waals surface area contributed by atoms with Crippen LogP contribution >= 0.6 is 0 Å². The second-order valence-electron chi connectivity index (χ2n) is 8.89. The third-order valence-corrected chi connectivity index (χ3v) is 6.49. The second kappa shape index (κ2) is 9.69. The molecule has 6 rings (SSSR count). The summed E-state index contributed by atoms with van der Waals surface area (Å²) in [5, 5.41) is 0. The number of para-hydroxylation sites is 1. The molecule has 0 spiro atoms. The Kier molecular flexibility index (Phi) is 6.44. The van der Waals surface area contributed by atoms with Crippen LogP contribution in [-0.4, -0.2) is 19.1 Å². The molecular formula is C31H25IrN4-. The van der Waals surface area contributed by atoms with Gasteiger partial charge in [-0.05, 0) is 72.8 Å². The molecule has 0 aliphatic rings. The Balaban J connectivity index is 0.00000267. The van der Waals surface area contributed by atoms with Crippen molar-refractivity contribution in [1.82, 2.24) is 19.1 Å². The maximum absolute atomic E-state index is 4.85. The van der Waals surface area contributed by atoms with Gasteiger partial charge in [-0.2, -0.15) is 0 Å². The van der Waals surface area contributed by atoms with Crippen molar-refractivity contribution in [3.05, 3.63) is 120 Å². The zero-order valence-corrected chi connectivity index (χ0v) is 22.8. The van der Waals surface area contributed by atoms with E-state index in [0.717, 1.165) is 39.6 Å². The number of imidazole rings is 2. The van der Waals surface area contributed by atoms with Gasteiger partial charge in [0.05, 0.1) is 5.82 Å².